The average Bonchev–Trinajstić information content (AvgIpc) is 3.15. The summed E-state index contributed by atoms with van der Waals surface area (Å²) in [4.78, 5) is 4.99. The third-order valence-corrected chi connectivity index (χ3v) is 6.28. The lowest BCUT2D eigenvalue weighted by atomic mass is 10.1. The molecule has 0 saturated carbocycles. The van der Waals surface area contributed by atoms with Gasteiger partial charge in [0.15, 0.2) is 5.65 Å². The van der Waals surface area contributed by atoms with Crippen LogP contribution in [0.25, 0.3) is 28.0 Å². The number of nitrogens with zero attached hydrogens (tertiary/aromatic N) is 3. The van der Waals surface area contributed by atoms with Crippen LogP contribution in [0.4, 0.5) is 5.82 Å². The van der Waals surface area contributed by atoms with Crippen molar-refractivity contribution in [3.05, 3.63) is 105 Å². The molecule has 1 N–H and O–H groups in total. The Bertz CT molecular complexity index is 1440. The van der Waals surface area contributed by atoms with Gasteiger partial charge in [0.25, 0.3) is 0 Å². The topological polar surface area (TPSA) is 42.2 Å². The molecule has 0 saturated heterocycles. The molecule has 0 aliphatic heterocycles. The van der Waals surface area contributed by atoms with Crippen molar-refractivity contribution in [3.8, 4) is 22.4 Å². The Kier molecular flexibility index (Phi) is 5.98. The first-order valence-electron chi connectivity index (χ1n) is 10.4. The number of hydrogen-bond donors (Lipinski definition) is 1. The van der Waals surface area contributed by atoms with Gasteiger partial charge in [-0.25, -0.2) is 4.98 Å². The summed E-state index contributed by atoms with van der Waals surface area (Å²) in [6.45, 7) is 2.50. The minimum atomic E-state index is 0.512. The zero-order chi connectivity index (χ0) is 22.9. The van der Waals surface area contributed by atoms with E-state index in [0.29, 0.717) is 21.6 Å². The molecule has 2 heterocycles. The number of benzene rings is 3. The van der Waals surface area contributed by atoms with Gasteiger partial charge < -0.3 is 5.32 Å². The summed E-state index contributed by atoms with van der Waals surface area (Å²) in [7, 11) is 0. The third kappa shape index (κ3) is 4.42. The summed E-state index contributed by atoms with van der Waals surface area (Å²) in [5.41, 5.74) is 6.43. The Balaban J connectivity index is 1.65. The van der Waals surface area contributed by atoms with E-state index < -0.39 is 0 Å². The average molecular weight is 494 g/mol. The molecule has 5 aromatic rings. The van der Waals surface area contributed by atoms with Crippen LogP contribution in [-0.2, 0) is 6.54 Å². The molecule has 0 bridgehead atoms. The Hall–Kier alpha value is -3.05. The van der Waals surface area contributed by atoms with Gasteiger partial charge in [-0.15, -0.1) is 0 Å². The second kappa shape index (κ2) is 9.06. The van der Waals surface area contributed by atoms with E-state index in [1.54, 1.807) is 6.07 Å². The first kappa shape index (κ1) is 21.8. The Labute approximate surface area is 206 Å². The number of aromatic nitrogens is 3. The number of halogens is 3. The largest absolute Gasteiger partial charge is 0.366 e. The van der Waals surface area contributed by atoms with Crippen LogP contribution < -0.4 is 5.32 Å². The summed E-state index contributed by atoms with van der Waals surface area (Å²) < 4.78 is 1.84. The van der Waals surface area contributed by atoms with Crippen molar-refractivity contribution in [1.29, 1.82) is 0 Å². The van der Waals surface area contributed by atoms with Gasteiger partial charge in [0, 0.05) is 38.8 Å². The first-order valence-corrected chi connectivity index (χ1v) is 11.5. The quantitative estimate of drug-likeness (QED) is 0.270. The highest BCUT2D eigenvalue weighted by Crippen LogP contribution is 2.32. The van der Waals surface area contributed by atoms with E-state index >= 15 is 0 Å². The van der Waals surface area contributed by atoms with Gasteiger partial charge in [0.05, 0.1) is 11.4 Å². The van der Waals surface area contributed by atoms with E-state index in [1.807, 2.05) is 84.2 Å². The minimum Gasteiger partial charge on any atom is -0.366 e. The predicted octanol–water partition coefficient (Wildman–Crippen LogP) is 7.94. The number of hydrogen-bond acceptors (Lipinski definition) is 3. The molecule has 5 rings (SSSR count). The second-order valence-electron chi connectivity index (χ2n) is 7.68. The zero-order valence-electron chi connectivity index (χ0n) is 17.7. The van der Waals surface area contributed by atoms with Crippen molar-refractivity contribution >= 4 is 46.3 Å². The maximum absolute atomic E-state index is 6.39. The summed E-state index contributed by atoms with van der Waals surface area (Å²) in [5, 5.41) is 10.2. The molecule has 33 heavy (non-hydrogen) atoms. The van der Waals surface area contributed by atoms with Gasteiger partial charge in [-0.2, -0.15) is 9.61 Å². The molecule has 0 unspecified atom stereocenters. The number of rotatable bonds is 5. The molecular weight excluding hydrogens is 475 g/mol. The van der Waals surface area contributed by atoms with Crippen LogP contribution in [-0.4, -0.2) is 14.6 Å². The van der Waals surface area contributed by atoms with E-state index in [-0.39, 0.29) is 0 Å². The van der Waals surface area contributed by atoms with E-state index in [2.05, 4.69) is 5.32 Å². The number of fused-ring (bicyclic) bond motifs is 1. The maximum Gasteiger partial charge on any atom is 0.166 e. The van der Waals surface area contributed by atoms with Gasteiger partial charge in [-0.3, -0.25) is 0 Å². The van der Waals surface area contributed by atoms with Crippen molar-refractivity contribution in [2.24, 2.45) is 0 Å². The molecule has 0 aliphatic rings. The molecule has 0 aliphatic carbocycles. The van der Waals surface area contributed by atoms with Gasteiger partial charge in [-0.1, -0.05) is 83.3 Å². The Morgan fingerprint density at radius 2 is 1.55 bits per heavy atom. The highest BCUT2D eigenvalue weighted by atomic mass is 35.5. The van der Waals surface area contributed by atoms with E-state index in [4.69, 9.17) is 44.9 Å². The molecular formula is C26H19Cl3N4. The fourth-order valence-electron chi connectivity index (χ4n) is 3.81. The lowest BCUT2D eigenvalue weighted by Crippen LogP contribution is -2.07. The lowest BCUT2D eigenvalue weighted by Gasteiger charge is -2.12. The van der Waals surface area contributed by atoms with E-state index in [9.17, 15) is 0 Å². The molecule has 0 atom stereocenters. The van der Waals surface area contributed by atoms with Crippen LogP contribution in [0.1, 0.15) is 11.3 Å². The number of anilines is 1. The van der Waals surface area contributed by atoms with E-state index in [0.717, 1.165) is 45.1 Å². The summed E-state index contributed by atoms with van der Waals surface area (Å²) in [6, 6.07) is 25.3. The molecule has 0 amide bonds. The van der Waals surface area contributed by atoms with Crippen LogP contribution in [0.3, 0.4) is 0 Å². The molecule has 2 aromatic heterocycles. The van der Waals surface area contributed by atoms with Crippen molar-refractivity contribution in [3.63, 3.8) is 0 Å². The van der Waals surface area contributed by atoms with Gasteiger partial charge in [-0.05, 0) is 42.3 Å². The standard InChI is InChI=1S/C26H19Cl3N4/c1-16-25(18-7-10-20(27)11-8-18)26-31-23(17-5-3-2-4-6-17)14-24(33(26)32-16)30-15-19-9-12-21(28)13-22(19)29/h2-14,30H,15H2,1H3. The smallest absolute Gasteiger partial charge is 0.166 e. The third-order valence-electron chi connectivity index (χ3n) is 5.44. The Morgan fingerprint density at radius 1 is 0.818 bits per heavy atom. The first-order chi connectivity index (χ1) is 16.0. The normalized spacial score (nSPS) is 11.2. The monoisotopic (exact) mass is 492 g/mol. The predicted molar refractivity (Wildman–Crippen MR) is 137 cm³/mol. The van der Waals surface area contributed by atoms with Gasteiger partial charge in [0.2, 0.25) is 0 Å². The molecule has 0 fully saturated rings. The molecule has 4 nitrogen and oxygen atoms in total. The summed E-state index contributed by atoms with van der Waals surface area (Å²) in [5.74, 6) is 0.813. The zero-order valence-corrected chi connectivity index (χ0v) is 20.0. The minimum absolute atomic E-state index is 0.512. The lowest BCUT2D eigenvalue weighted by molar-refractivity contribution is 0.908. The van der Waals surface area contributed by atoms with Gasteiger partial charge >= 0.3 is 0 Å². The molecule has 0 radical (unpaired) electrons. The highest BCUT2D eigenvalue weighted by Gasteiger charge is 2.17. The molecule has 7 heteroatoms. The summed E-state index contributed by atoms with van der Waals surface area (Å²) >= 11 is 18.6. The van der Waals surface area contributed by atoms with Crippen LogP contribution in [0.15, 0.2) is 78.9 Å². The van der Waals surface area contributed by atoms with Crippen molar-refractivity contribution in [1.82, 2.24) is 14.6 Å². The van der Waals surface area contributed by atoms with Crippen molar-refractivity contribution in [2.45, 2.75) is 13.5 Å². The molecule has 3 aromatic carbocycles. The van der Waals surface area contributed by atoms with Crippen molar-refractivity contribution in [2.75, 3.05) is 5.32 Å². The maximum atomic E-state index is 6.39. The Morgan fingerprint density at radius 3 is 2.27 bits per heavy atom. The second-order valence-corrected chi connectivity index (χ2v) is 8.96. The fourth-order valence-corrected chi connectivity index (χ4v) is 4.41. The van der Waals surface area contributed by atoms with Crippen LogP contribution >= 0.6 is 34.8 Å². The van der Waals surface area contributed by atoms with Crippen LogP contribution in [0.5, 0.6) is 0 Å². The van der Waals surface area contributed by atoms with E-state index in [1.165, 1.54) is 0 Å². The van der Waals surface area contributed by atoms with Crippen molar-refractivity contribution < 1.29 is 0 Å². The summed E-state index contributed by atoms with van der Waals surface area (Å²) in [6.07, 6.45) is 0. The fraction of sp³-hybridized carbons (Fsp3) is 0.0769. The molecule has 0 spiro atoms. The van der Waals surface area contributed by atoms with Crippen LogP contribution in [0.2, 0.25) is 15.1 Å². The van der Waals surface area contributed by atoms with Gasteiger partial charge in [0.1, 0.15) is 5.82 Å². The SMILES string of the molecule is Cc1nn2c(NCc3ccc(Cl)cc3Cl)cc(-c3ccccc3)nc2c1-c1ccc(Cl)cc1. The number of nitrogens with one attached hydrogen (secondary N) is 1. The molecule has 164 valence electrons. The number of aryl methyl sites for hydroxylation is 1. The van der Waals surface area contributed by atoms with Crippen LogP contribution in [0, 0.1) is 6.92 Å². The highest BCUT2D eigenvalue weighted by molar-refractivity contribution is 6.35.